The van der Waals surface area contributed by atoms with E-state index in [1.54, 1.807) is 0 Å². The van der Waals surface area contributed by atoms with Gasteiger partial charge in [0.05, 0.1) is 5.69 Å². The van der Waals surface area contributed by atoms with E-state index in [0.717, 1.165) is 12.1 Å². The Morgan fingerprint density at radius 1 is 1.06 bits per heavy atom. The third-order valence-corrected chi connectivity index (χ3v) is 3.53. The number of benzene rings is 1. The summed E-state index contributed by atoms with van der Waals surface area (Å²) in [5.41, 5.74) is 0.244. The lowest BCUT2D eigenvalue weighted by Crippen LogP contribution is -2.14. The number of anilines is 1. The lowest BCUT2D eigenvalue weighted by Gasteiger charge is -2.08. The molecule has 0 radical (unpaired) electrons. The molecule has 7 heteroatoms. The lowest BCUT2D eigenvalue weighted by atomic mass is 10.3. The molecule has 1 heterocycles. The van der Waals surface area contributed by atoms with Crippen molar-refractivity contribution >= 4 is 15.7 Å². The highest BCUT2D eigenvalue weighted by Gasteiger charge is 2.19. The second kappa shape index (κ2) is 4.69. The fourth-order valence-corrected chi connectivity index (χ4v) is 2.44. The van der Waals surface area contributed by atoms with Crippen molar-refractivity contribution in [3.05, 3.63) is 54.4 Å². The Bertz CT molecular complexity index is 660. The number of rotatable bonds is 3. The number of hydrogen-bond donors (Lipinski definition) is 1. The molecule has 0 saturated heterocycles. The monoisotopic (exact) mass is 270 g/mol. The van der Waals surface area contributed by atoms with E-state index >= 15 is 0 Å². The molecule has 1 aromatic heterocycles. The highest BCUT2D eigenvalue weighted by Crippen LogP contribution is 2.18. The molecule has 0 saturated carbocycles. The van der Waals surface area contributed by atoms with Crippen molar-refractivity contribution in [3.8, 4) is 0 Å². The van der Waals surface area contributed by atoms with Crippen LogP contribution >= 0.6 is 0 Å². The molecule has 2 rings (SSSR count). The molecule has 2 aromatic rings. The summed E-state index contributed by atoms with van der Waals surface area (Å²) in [4.78, 5) is 3.11. The third kappa shape index (κ3) is 2.62. The van der Waals surface area contributed by atoms with Crippen molar-refractivity contribution in [2.24, 2.45) is 0 Å². The van der Waals surface area contributed by atoms with Crippen LogP contribution in [0.4, 0.5) is 14.5 Å². The fraction of sp³-hybridized carbons (Fsp3) is 0. The molecule has 0 aliphatic rings. The predicted molar refractivity (Wildman–Crippen MR) is 61.4 cm³/mol. The molecule has 0 unspecified atom stereocenters. The van der Waals surface area contributed by atoms with E-state index in [1.165, 1.54) is 24.5 Å². The fourth-order valence-electron chi connectivity index (χ4n) is 1.32. The summed E-state index contributed by atoms with van der Waals surface area (Å²) in [5.74, 6) is -1.98. The second-order valence-electron chi connectivity index (χ2n) is 3.42. The molecule has 0 fully saturated rings. The van der Waals surface area contributed by atoms with Gasteiger partial charge in [-0.05, 0) is 24.3 Å². The highest BCUT2D eigenvalue weighted by atomic mass is 32.2. The minimum Gasteiger partial charge on any atom is -0.279 e. The molecule has 1 aromatic carbocycles. The Kier molecular flexibility index (Phi) is 3.24. The molecule has 0 aliphatic carbocycles. The largest absolute Gasteiger partial charge is 0.279 e. The molecule has 1 N–H and O–H groups in total. The number of aromatic nitrogens is 1. The van der Waals surface area contributed by atoms with Gasteiger partial charge in [-0.15, -0.1) is 0 Å². The topological polar surface area (TPSA) is 59.1 Å². The zero-order valence-corrected chi connectivity index (χ0v) is 9.79. The van der Waals surface area contributed by atoms with Crippen LogP contribution in [0.15, 0.2) is 47.6 Å². The first-order valence-corrected chi connectivity index (χ1v) is 6.35. The zero-order chi connectivity index (χ0) is 13.2. The maximum atomic E-state index is 13.4. The number of halogens is 2. The average Bonchev–Trinajstić information content (AvgIpc) is 2.29. The number of nitrogens with zero attached hydrogens (tertiary/aromatic N) is 1. The molecule has 0 spiro atoms. The molecule has 0 aliphatic heterocycles. The molecule has 18 heavy (non-hydrogen) atoms. The van der Waals surface area contributed by atoms with Crippen LogP contribution < -0.4 is 4.72 Å². The van der Waals surface area contributed by atoms with Gasteiger partial charge < -0.3 is 0 Å². The van der Waals surface area contributed by atoms with Crippen molar-refractivity contribution in [1.29, 1.82) is 0 Å². The van der Waals surface area contributed by atoms with E-state index < -0.39 is 26.6 Å². The summed E-state index contributed by atoms with van der Waals surface area (Å²) in [6.07, 6.45) is 2.78. The maximum Gasteiger partial charge on any atom is 0.264 e. The SMILES string of the molecule is O=S(=O)(Nc1ccncc1)c1ccc(F)cc1F. The summed E-state index contributed by atoms with van der Waals surface area (Å²) >= 11 is 0. The van der Waals surface area contributed by atoms with Gasteiger partial charge in [-0.25, -0.2) is 17.2 Å². The standard InChI is InChI=1S/C11H8F2N2O2S/c12-8-1-2-11(10(13)7-8)18(16,17)15-9-3-5-14-6-4-9/h1-7H,(H,14,15). The van der Waals surface area contributed by atoms with Crippen LogP contribution in [-0.4, -0.2) is 13.4 Å². The van der Waals surface area contributed by atoms with Gasteiger partial charge in [0.1, 0.15) is 16.5 Å². The molecule has 4 nitrogen and oxygen atoms in total. The third-order valence-electron chi connectivity index (χ3n) is 2.12. The number of hydrogen-bond acceptors (Lipinski definition) is 3. The van der Waals surface area contributed by atoms with Gasteiger partial charge in [-0.3, -0.25) is 9.71 Å². The predicted octanol–water partition coefficient (Wildman–Crippen LogP) is 2.16. The first-order valence-electron chi connectivity index (χ1n) is 4.87. The van der Waals surface area contributed by atoms with Crippen LogP contribution in [0.1, 0.15) is 0 Å². The Balaban J connectivity index is 2.37. The normalized spacial score (nSPS) is 11.2. The van der Waals surface area contributed by atoms with Crippen molar-refractivity contribution in [2.45, 2.75) is 4.90 Å². The molecular weight excluding hydrogens is 262 g/mol. The Morgan fingerprint density at radius 2 is 1.72 bits per heavy atom. The first-order chi connectivity index (χ1) is 8.49. The number of nitrogens with one attached hydrogen (secondary N) is 1. The maximum absolute atomic E-state index is 13.4. The minimum atomic E-state index is -4.08. The van der Waals surface area contributed by atoms with Crippen molar-refractivity contribution in [2.75, 3.05) is 4.72 Å². The summed E-state index contributed by atoms with van der Waals surface area (Å²) in [7, 11) is -4.08. The van der Waals surface area contributed by atoms with Crippen LogP contribution in [0.25, 0.3) is 0 Å². The molecular formula is C11H8F2N2O2S. The number of pyridine rings is 1. The Hall–Kier alpha value is -2.02. The van der Waals surface area contributed by atoms with Gasteiger partial charge >= 0.3 is 0 Å². The van der Waals surface area contributed by atoms with E-state index in [2.05, 4.69) is 9.71 Å². The van der Waals surface area contributed by atoms with Gasteiger partial charge in [0.25, 0.3) is 10.0 Å². The Morgan fingerprint density at radius 3 is 2.33 bits per heavy atom. The van der Waals surface area contributed by atoms with Gasteiger partial charge in [0.2, 0.25) is 0 Å². The van der Waals surface area contributed by atoms with Crippen LogP contribution in [0.2, 0.25) is 0 Å². The minimum absolute atomic E-state index is 0.244. The van der Waals surface area contributed by atoms with Crippen molar-refractivity contribution < 1.29 is 17.2 Å². The van der Waals surface area contributed by atoms with E-state index in [0.29, 0.717) is 6.07 Å². The molecule has 94 valence electrons. The summed E-state index contributed by atoms with van der Waals surface area (Å²) in [5, 5.41) is 0. The van der Waals surface area contributed by atoms with E-state index in [1.807, 2.05) is 0 Å². The quantitative estimate of drug-likeness (QED) is 0.929. The van der Waals surface area contributed by atoms with Crippen LogP contribution in [0, 0.1) is 11.6 Å². The van der Waals surface area contributed by atoms with Gasteiger partial charge in [0, 0.05) is 18.5 Å². The molecule has 0 amide bonds. The lowest BCUT2D eigenvalue weighted by molar-refractivity contribution is 0.551. The smallest absolute Gasteiger partial charge is 0.264 e. The van der Waals surface area contributed by atoms with Crippen molar-refractivity contribution in [1.82, 2.24) is 4.98 Å². The zero-order valence-electron chi connectivity index (χ0n) is 8.97. The van der Waals surface area contributed by atoms with Gasteiger partial charge in [-0.2, -0.15) is 0 Å². The van der Waals surface area contributed by atoms with E-state index in [9.17, 15) is 17.2 Å². The highest BCUT2D eigenvalue weighted by molar-refractivity contribution is 7.92. The summed E-state index contributed by atoms with van der Waals surface area (Å²) in [6.45, 7) is 0. The van der Waals surface area contributed by atoms with E-state index in [4.69, 9.17) is 0 Å². The number of sulfonamides is 1. The van der Waals surface area contributed by atoms with Crippen molar-refractivity contribution in [3.63, 3.8) is 0 Å². The van der Waals surface area contributed by atoms with Gasteiger partial charge in [0.15, 0.2) is 0 Å². The summed E-state index contributed by atoms with van der Waals surface area (Å²) < 4.78 is 51.9. The van der Waals surface area contributed by atoms with Crippen LogP contribution in [-0.2, 0) is 10.0 Å². The van der Waals surface area contributed by atoms with Crippen LogP contribution in [0.3, 0.4) is 0 Å². The second-order valence-corrected chi connectivity index (χ2v) is 5.07. The van der Waals surface area contributed by atoms with Gasteiger partial charge in [-0.1, -0.05) is 0 Å². The summed E-state index contributed by atoms with van der Waals surface area (Å²) in [6, 6.07) is 5.09. The Labute approximate surface area is 102 Å². The first kappa shape index (κ1) is 12.4. The average molecular weight is 270 g/mol. The van der Waals surface area contributed by atoms with Crippen LogP contribution in [0.5, 0.6) is 0 Å². The van der Waals surface area contributed by atoms with E-state index in [-0.39, 0.29) is 5.69 Å². The molecule has 0 bridgehead atoms. The molecule has 0 atom stereocenters.